The van der Waals surface area contributed by atoms with Gasteiger partial charge in [-0.2, -0.15) is 0 Å². The lowest BCUT2D eigenvalue weighted by atomic mass is 10.2. The summed E-state index contributed by atoms with van der Waals surface area (Å²) >= 11 is 1.77. The third-order valence-electron chi connectivity index (χ3n) is 2.80. The lowest BCUT2D eigenvalue weighted by Gasteiger charge is -2.16. The summed E-state index contributed by atoms with van der Waals surface area (Å²) in [6.07, 6.45) is 2.81. The van der Waals surface area contributed by atoms with Crippen LogP contribution in [0.5, 0.6) is 0 Å². The Labute approximate surface area is 117 Å². The molecule has 0 aliphatic carbocycles. The molecule has 0 aliphatic rings. The molecule has 2 rings (SSSR count). The van der Waals surface area contributed by atoms with Crippen molar-refractivity contribution in [3.63, 3.8) is 0 Å². The maximum atomic E-state index is 5.66. The highest BCUT2D eigenvalue weighted by atomic mass is 32.2. The molecule has 1 aromatic carbocycles. The topological polar surface area (TPSA) is 68.8 Å². The minimum absolute atomic E-state index is 0.0479. The molecule has 0 radical (unpaired) electrons. The average Bonchev–Trinajstić information content (AvgIpc) is 2.90. The van der Waals surface area contributed by atoms with Gasteiger partial charge in [-0.25, -0.2) is 4.68 Å². The fourth-order valence-electron chi connectivity index (χ4n) is 1.84. The summed E-state index contributed by atoms with van der Waals surface area (Å²) in [7, 11) is 0. The van der Waals surface area contributed by atoms with E-state index in [-0.39, 0.29) is 6.04 Å². The van der Waals surface area contributed by atoms with Crippen LogP contribution in [0.15, 0.2) is 41.4 Å². The molecule has 0 fully saturated rings. The number of aromatic nitrogens is 3. The van der Waals surface area contributed by atoms with Gasteiger partial charge >= 0.3 is 0 Å². The van der Waals surface area contributed by atoms with E-state index in [1.165, 1.54) is 4.90 Å². The zero-order chi connectivity index (χ0) is 13.5. The second-order valence-electron chi connectivity index (χ2n) is 4.23. The molecule has 3 N–H and O–H groups in total. The zero-order valence-electron chi connectivity index (χ0n) is 11.0. The fraction of sp³-hybridized carbons (Fsp3) is 0.385. The maximum absolute atomic E-state index is 5.66. The third kappa shape index (κ3) is 3.79. The number of benzene rings is 1. The fourth-order valence-corrected chi connectivity index (χ4v) is 2.81. The number of nitrogens with zero attached hydrogens (tertiary/aromatic N) is 3. The predicted molar refractivity (Wildman–Crippen MR) is 77.5 cm³/mol. The second kappa shape index (κ2) is 7.28. The minimum Gasteiger partial charge on any atom is -0.271 e. The molecule has 0 spiro atoms. The Morgan fingerprint density at radius 3 is 2.84 bits per heavy atom. The van der Waals surface area contributed by atoms with E-state index < -0.39 is 0 Å². The largest absolute Gasteiger partial charge is 0.271 e. The Bertz CT molecular complexity index is 485. The van der Waals surface area contributed by atoms with Crippen molar-refractivity contribution in [3.8, 4) is 0 Å². The van der Waals surface area contributed by atoms with E-state index >= 15 is 0 Å². The van der Waals surface area contributed by atoms with E-state index in [1.807, 2.05) is 22.9 Å². The van der Waals surface area contributed by atoms with E-state index in [4.69, 9.17) is 5.84 Å². The van der Waals surface area contributed by atoms with Crippen LogP contribution in [-0.4, -0.2) is 20.7 Å². The predicted octanol–water partition coefficient (Wildman–Crippen LogP) is 1.98. The molecule has 5 nitrogen and oxygen atoms in total. The Morgan fingerprint density at radius 1 is 1.37 bits per heavy atom. The van der Waals surface area contributed by atoms with Crippen LogP contribution in [0, 0.1) is 0 Å². The van der Waals surface area contributed by atoms with Gasteiger partial charge in [0, 0.05) is 17.2 Å². The smallest absolute Gasteiger partial charge is 0.0778 e. The standard InChI is InChI=1S/C13H19N5S/c1-2-8-18-13(9-15-17-18)12(16-14)10-19-11-6-4-3-5-7-11/h3-7,9,12,16H,2,8,10,14H2,1H3. The number of nitrogens with one attached hydrogen (secondary N) is 1. The van der Waals surface area contributed by atoms with E-state index in [0.717, 1.165) is 24.4 Å². The first-order chi connectivity index (χ1) is 9.35. The van der Waals surface area contributed by atoms with Gasteiger partial charge in [0.05, 0.1) is 17.9 Å². The van der Waals surface area contributed by atoms with Crippen molar-refractivity contribution >= 4 is 11.8 Å². The van der Waals surface area contributed by atoms with Crippen molar-refractivity contribution in [1.82, 2.24) is 20.4 Å². The summed E-state index contributed by atoms with van der Waals surface area (Å²) in [5.41, 5.74) is 3.89. The number of aryl methyl sites for hydroxylation is 1. The van der Waals surface area contributed by atoms with Crippen LogP contribution in [0.3, 0.4) is 0 Å². The van der Waals surface area contributed by atoms with Gasteiger partial charge in [-0.05, 0) is 18.6 Å². The van der Waals surface area contributed by atoms with Gasteiger partial charge in [0.1, 0.15) is 0 Å². The molecule has 102 valence electrons. The molecular formula is C13H19N5S. The summed E-state index contributed by atoms with van der Waals surface area (Å²) in [4.78, 5) is 1.23. The molecule has 0 saturated carbocycles. The highest BCUT2D eigenvalue weighted by molar-refractivity contribution is 7.99. The van der Waals surface area contributed by atoms with E-state index in [9.17, 15) is 0 Å². The molecular weight excluding hydrogens is 258 g/mol. The molecule has 1 unspecified atom stereocenters. The molecule has 1 heterocycles. The minimum atomic E-state index is 0.0479. The monoisotopic (exact) mass is 277 g/mol. The first kappa shape index (κ1) is 14.0. The van der Waals surface area contributed by atoms with Crippen LogP contribution >= 0.6 is 11.8 Å². The van der Waals surface area contributed by atoms with Gasteiger partial charge < -0.3 is 0 Å². The number of thioether (sulfide) groups is 1. The number of rotatable bonds is 7. The molecule has 6 heteroatoms. The zero-order valence-corrected chi connectivity index (χ0v) is 11.8. The Kier molecular flexibility index (Phi) is 5.38. The van der Waals surface area contributed by atoms with Gasteiger partial charge in [0.2, 0.25) is 0 Å². The maximum Gasteiger partial charge on any atom is 0.0778 e. The highest BCUT2D eigenvalue weighted by Gasteiger charge is 2.15. The lowest BCUT2D eigenvalue weighted by Crippen LogP contribution is -2.31. The molecule has 0 bridgehead atoms. The van der Waals surface area contributed by atoms with E-state index in [0.29, 0.717) is 0 Å². The highest BCUT2D eigenvalue weighted by Crippen LogP contribution is 2.23. The third-order valence-corrected chi connectivity index (χ3v) is 3.91. The van der Waals surface area contributed by atoms with Crippen LogP contribution in [0.2, 0.25) is 0 Å². The van der Waals surface area contributed by atoms with Crippen LogP contribution < -0.4 is 11.3 Å². The van der Waals surface area contributed by atoms with Crippen molar-refractivity contribution in [1.29, 1.82) is 0 Å². The summed E-state index contributed by atoms with van der Waals surface area (Å²) in [5, 5.41) is 8.06. The molecule has 0 aliphatic heterocycles. The number of hydrogen-bond donors (Lipinski definition) is 2. The molecule has 0 saturated heterocycles. The first-order valence-electron chi connectivity index (χ1n) is 6.37. The van der Waals surface area contributed by atoms with Crippen LogP contribution in [0.1, 0.15) is 25.1 Å². The Morgan fingerprint density at radius 2 is 2.16 bits per heavy atom. The number of hydrogen-bond acceptors (Lipinski definition) is 5. The van der Waals surface area contributed by atoms with Crippen molar-refractivity contribution < 1.29 is 0 Å². The Hall–Kier alpha value is -1.37. The summed E-state index contributed by atoms with van der Waals surface area (Å²) in [6, 6.07) is 10.3. The molecule has 19 heavy (non-hydrogen) atoms. The normalized spacial score (nSPS) is 12.5. The molecule has 1 aromatic heterocycles. The van der Waals surface area contributed by atoms with Gasteiger partial charge in [-0.15, -0.1) is 16.9 Å². The quantitative estimate of drug-likeness (QED) is 0.460. The van der Waals surface area contributed by atoms with Gasteiger partial charge in [-0.1, -0.05) is 30.3 Å². The number of nitrogens with two attached hydrogens (primary N) is 1. The van der Waals surface area contributed by atoms with Crippen LogP contribution in [-0.2, 0) is 6.54 Å². The van der Waals surface area contributed by atoms with Crippen molar-refractivity contribution in [3.05, 3.63) is 42.2 Å². The Balaban J connectivity index is 2.01. The van der Waals surface area contributed by atoms with Crippen LogP contribution in [0.25, 0.3) is 0 Å². The second-order valence-corrected chi connectivity index (χ2v) is 5.32. The van der Waals surface area contributed by atoms with E-state index in [2.05, 4.69) is 34.8 Å². The molecule has 1 atom stereocenters. The average molecular weight is 277 g/mol. The van der Waals surface area contributed by atoms with Crippen molar-refractivity contribution in [2.45, 2.75) is 30.8 Å². The SMILES string of the molecule is CCCn1nncc1C(CSc1ccccc1)NN. The lowest BCUT2D eigenvalue weighted by molar-refractivity contribution is 0.501. The van der Waals surface area contributed by atoms with Gasteiger partial charge in [0.25, 0.3) is 0 Å². The van der Waals surface area contributed by atoms with Crippen LogP contribution in [0.4, 0.5) is 0 Å². The van der Waals surface area contributed by atoms with Crippen molar-refractivity contribution in [2.24, 2.45) is 5.84 Å². The first-order valence-corrected chi connectivity index (χ1v) is 7.36. The van der Waals surface area contributed by atoms with E-state index in [1.54, 1.807) is 18.0 Å². The summed E-state index contributed by atoms with van der Waals surface area (Å²) in [6.45, 7) is 2.98. The van der Waals surface area contributed by atoms with Gasteiger partial charge in [-0.3, -0.25) is 11.3 Å². The summed E-state index contributed by atoms with van der Waals surface area (Å²) in [5.74, 6) is 6.51. The molecule has 2 aromatic rings. The summed E-state index contributed by atoms with van der Waals surface area (Å²) < 4.78 is 1.91. The number of hydrazine groups is 1. The molecule has 0 amide bonds. The van der Waals surface area contributed by atoms with Crippen molar-refractivity contribution in [2.75, 3.05) is 5.75 Å². The van der Waals surface area contributed by atoms with Gasteiger partial charge in [0.15, 0.2) is 0 Å².